The van der Waals surface area contributed by atoms with Gasteiger partial charge < -0.3 is 19.7 Å². The van der Waals surface area contributed by atoms with Gasteiger partial charge in [0.25, 0.3) is 0 Å². The summed E-state index contributed by atoms with van der Waals surface area (Å²) >= 11 is 0. The van der Waals surface area contributed by atoms with Crippen molar-refractivity contribution in [2.75, 3.05) is 14.2 Å². The largest absolute Gasteiger partial charge is 0.502 e. The molecule has 0 atom stereocenters. The van der Waals surface area contributed by atoms with Crippen LogP contribution in [0.1, 0.15) is 19.4 Å². The minimum absolute atomic E-state index is 0.0620. The molecule has 1 rings (SSSR count). The number of hydrogen-bond donors (Lipinski definition) is 2. The highest BCUT2D eigenvalue weighted by atomic mass is 16.5. The second-order valence-corrected chi connectivity index (χ2v) is 3.79. The van der Waals surface area contributed by atoms with Gasteiger partial charge >= 0.3 is 0 Å². The molecule has 0 amide bonds. The fourth-order valence-electron chi connectivity index (χ4n) is 1.25. The molecule has 15 heavy (non-hydrogen) atoms. The van der Waals surface area contributed by atoms with Crippen molar-refractivity contribution < 1.29 is 19.7 Å². The summed E-state index contributed by atoms with van der Waals surface area (Å²) in [6.07, 6.45) is 0. The number of ether oxygens (including phenoxy) is 2. The first kappa shape index (κ1) is 11.7. The van der Waals surface area contributed by atoms with Gasteiger partial charge in [0, 0.05) is 0 Å². The summed E-state index contributed by atoms with van der Waals surface area (Å²) in [4.78, 5) is 0. The van der Waals surface area contributed by atoms with Crippen molar-refractivity contribution in [2.24, 2.45) is 0 Å². The van der Waals surface area contributed by atoms with Crippen LogP contribution in [0.2, 0.25) is 0 Å². The van der Waals surface area contributed by atoms with Crippen molar-refractivity contribution in [1.29, 1.82) is 0 Å². The van der Waals surface area contributed by atoms with Crippen LogP contribution in [0.3, 0.4) is 0 Å². The highest BCUT2D eigenvalue weighted by molar-refractivity contribution is 5.53. The zero-order valence-electron chi connectivity index (χ0n) is 9.37. The Hall–Kier alpha value is -1.42. The minimum Gasteiger partial charge on any atom is -0.502 e. The Morgan fingerprint density at radius 2 is 1.47 bits per heavy atom. The average Bonchev–Trinajstić information content (AvgIpc) is 2.16. The van der Waals surface area contributed by atoms with Crippen LogP contribution in [0.15, 0.2) is 12.1 Å². The summed E-state index contributed by atoms with van der Waals surface area (Å²) in [6.45, 7) is 3.30. The van der Waals surface area contributed by atoms with Crippen LogP contribution in [0.25, 0.3) is 0 Å². The second kappa shape index (κ2) is 3.98. The van der Waals surface area contributed by atoms with Crippen molar-refractivity contribution in [1.82, 2.24) is 0 Å². The fraction of sp³-hybridized carbons (Fsp3) is 0.455. The summed E-state index contributed by atoms with van der Waals surface area (Å²) in [5.74, 6) is 0.506. The smallest absolute Gasteiger partial charge is 0.200 e. The molecule has 84 valence electrons. The van der Waals surface area contributed by atoms with Gasteiger partial charge in [0.2, 0.25) is 5.75 Å². The molecule has 4 nitrogen and oxygen atoms in total. The lowest BCUT2D eigenvalue weighted by molar-refractivity contribution is 0.0779. The number of benzene rings is 1. The van der Waals surface area contributed by atoms with Crippen molar-refractivity contribution in [3.63, 3.8) is 0 Å². The summed E-state index contributed by atoms with van der Waals surface area (Å²) in [7, 11) is 2.89. The van der Waals surface area contributed by atoms with Crippen molar-refractivity contribution in [3.8, 4) is 17.2 Å². The summed E-state index contributed by atoms with van der Waals surface area (Å²) in [5.41, 5.74) is -0.386. The fourth-order valence-corrected chi connectivity index (χ4v) is 1.25. The maximum atomic E-state index is 9.83. The number of methoxy groups -OCH3 is 2. The minimum atomic E-state index is -1.01. The zero-order chi connectivity index (χ0) is 11.6. The molecular formula is C11H16O4. The molecule has 0 saturated heterocycles. The molecule has 0 aliphatic rings. The van der Waals surface area contributed by atoms with E-state index in [9.17, 15) is 10.2 Å². The van der Waals surface area contributed by atoms with E-state index in [0.717, 1.165) is 0 Å². The molecule has 0 bridgehead atoms. The van der Waals surface area contributed by atoms with Crippen molar-refractivity contribution in [3.05, 3.63) is 17.7 Å². The summed E-state index contributed by atoms with van der Waals surface area (Å²) in [6, 6.07) is 3.16. The number of aromatic hydroxyl groups is 1. The van der Waals surface area contributed by atoms with E-state index in [1.807, 2.05) is 0 Å². The van der Waals surface area contributed by atoms with Gasteiger partial charge in [-0.15, -0.1) is 0 Å². The molecule has 0 heterocycles. The van der Waals surface area contributed by atoms with E-state index in [1.54, 1.807) is 26.0 Å². The van der Waals surface area contributed by atoms with Gasteiger partial charge in [-0.3, -0.25) is 0 Å². The van der Waals surface area contributed by atoms with E-state index < -0.39 is 5.60 Å². The maximum absolute atomic E-state index is 9.83. The first-order valence-electron chi connectivity index (χ1n) is 4.58. The SMILES string of the molecule is COc1cc(C(C)(C)O)cc(OC)c1O. The molecule has 0 spiro atoms. The van der Waals surface area contributed by atoms with Gasteiger partial charge in [-0.05, 0) is 31.5 Å². The Labute approximate surface area is 89.1 Å². The Balaban J connectivity index is 3.33. The molecule has 0 radical (unpaired) electrons. The highest BCUT2D eigenvalue weighted by Crippen LogP contribution is 2.39. The van der Waals surface area contributed by atoms with Crippen LogP contribution >= 0.6 is 0 Å². The highest BCUT2D eigenvalue weighted by Gasteiger charge is 2.21. The van der Waals surface area contributed by atoms with Crippen LogP contribution < -0.4 is 9.47 Å². The lowest BCUT2D eigenvalue weighted by Crippen LogP contribution is -2.15. The van der Waals surface area contributed by atoms with Crippen LogP contribution in [0.5, 0.6) is 17.2 Å². The molecule has 1 aromatic carbocycles. The monoisotopic (exact) mass is 212 g/mol. The molecule has 0 saturated carbocycles. The zero-order valence-corrected chi connectivity index (χ0v) is 9.37. The van der Waals surface area contributed by atoms with Crippen molar-refractivity contribution >= 4 is 0 Å². The quantitative estimate of drug-likeness (QED) is 0.799. The third kappa shape index (κ3) is 2.33. The Bertz CT molecular complexity index is 327. The Morgan fingerprint density at radius 3 is 1.73 bits per heavy atom. The summed E-state index contributed by atoms with van der Waals surface area (Å²) in [5, 5.41) is 19.5. The molecule has 0 unspecified atom stereocenters. The maximum Gasteiger partial charge on any atom is 0.200 e. The first-order chi connectivity index (χ1) is 6.90. The second-order valence-electron chi connectivity index (χ2n) is 3.79. The molecule has 4 heteroatoms. The van der Waals surface area contributed by atoms with Crippen LogP contribution in [0, 0.1) is 0 Å². The first-order valence-corrected chi connectivity index (χ1v) is 4.58. The lowest BCUT2D eigenvalue weighted by atomic mass is 9.97. The van der Waals surface area contributed by atoms with E-state index in [2.05, 4.69) is 0 Å². The number of rotatable bonds is 3. The van der Waals surface area contributed by atoms with Gasteiger partial charge in [0.1, 0.15) is 0 Å². The number of phenols is 1. The third-order valence-electron chi connectivity index (χ3n) is 2.19. The normalized spacial score (nSPS) is 11.3. The lowest BCUT2D eigenvalue weighted by Gasteiger charge is -2.20. The van der Waals surface area contributed by atoms with E-state index in [0.29, 0.717) is 5.56 Å². The molecule has 0 aromatic heterocycles. The number of hydrogen-bond acceptors (Lipinski definition) is 4. The molecular weight excluding hydrogens is 196 g/mol. The van der Waals surface area contributed by atoms with Crippen LogP contribution in [-0.4, -0.2) is 24.4 Å². The predicted octanol–water partition coefficient (Wildman–Crippen LogP) is 1.64. The standard InChI is InChI=1S/C11H16O4/c1-11(2,13)7-5-8(14-3)10(12)9(6-7)15-4/h5-6,12-13H,1-4H3. The summed E-state index contributed by atoms with van der Waals surface area (Å²) < 4.78 is 9.96. The number of phenolic OH excluding ortho intramolecular Hbond substituents is 1. The predicted molar refractivity (Wildman–Crippen MR) is 56.5 cm³/mol. The molecule has 0 aliphatic heterocycles. The van der Waals surface area contributed by atoms with Crippen LogP contribution in [-0.2, 0) is 5.60 Å². The Kier molecular flexibility index (Phi) is 3.09. The Morgan fingerprint density at radius 1 is 1.07 bits per heavy atom. The van der Waals surface area contributed by atoms with Crippen molar-refractivity contribution in [2.45, 2.75) is 19.4 Å². The van der Waals surface area contributed by atoms with Crippen LogP contribution in [0.4, 0.5) is 0 Å². The third-order valence-corrected chi connectivity index (χ3v) is 2.19. The van der Waals surface area contributed by atoms with Gasteiger partial charge in [-0.2, -0.15) is 0 Å². The average molecular weight is 212 g/mol. The van der Waals surface area contributed by atoms with E-state index in [1.165, 1.54) is 14.2 Å². The molecule has 1 aromatic rings. The van der Waals surface area contributed by atoms with E-state index in [-0.39, 0.29) is 17.2 Å². The topological polar surface area (TPSA) is 58.9 Å². The van der Waals surface area contributed by atoms with Gasteiger partial charge in [-0.1, -0.05) is 0 Å². The van der Waals surface area contributed by atoms with Gasteiger partial charge in [-0.25, -0.2) is 0 Å². The van der Waals surface area contributed by atoms with Gasteiger partial charge in [0.05, 0.1) is 19.8 Å². The molecule has 0 aliphatic carbocycles. The van der Waals surface area contributed by atoms with Gasteiger partial charge in [0.15, 0.2) is 11.5 Å². The molecule has 2 N–H and O–H groups in total. The number of aliphatic hydroxyl groups is 1. The van der Waals surface area contributed by atoms with E-state index >= 15 is 0 Å². The molecule has 0 fully saturated rings. The van der Waals surface area contributed by atoms with E-state index in [4.69, 9.17) is 9.47 Å².